The van der Waals surface area contributed by atoms with E-state index in [1.54, 1.807) is 0 Å². The van der Waals surface area contributed by atoms with Crippen molar-refractivity contribution in [2.24, 2.45) is 0 Å². The highest BCUT2D eigenvalue weighted by Crippen LogP contribution is 2.35. The molecule has 0 amide bonds. The number of hydrogen-bond acceptors (Lipinski definition) is 6. The second-order valence-electron chi connectivity index (χ2n) is 4.05. The van der Waals surface area contributed by atoms with E-state index in [2.05, 4.69) is 0 Å². The molecule has 1 aromatic carbocycles. The predicted molar refractivity (Wildman–Crippen MR) is 73.0 cm³/mol. The minimum atomic E-state index is -3.90. The van der Waals surface area contributed by atoms with E-state index < -0.39 is 26.7 Å². The molecule has 0 aliphatic carbocycles. The van der Waals surface area contributed by atoms with E-state index in [-0.39, 0.29) is 22.9 Å². The fraction of sp³-hybridized carbons (Fsp3) is 0.200. The summed E-state index contributed by atoms with van der Waals surface area (Å²) in [6.07, 6.45) is 0.961. The van der Waals surface area contributed by atoms with Crippen molar-refractivity contribution in [1.82, 2.24) is 9.03 Å². The smallest absolute Gasteiger partial charge is 0.326 e. The molecule has 2 N–H and O–H groups in total. The number of benzene rings is 1. The molecular weight excluding hydrogens is 326 g/mol. The van der Waals surface area contributed by atoms with Crippen LogP contribution in [0.25, 0.3) is 0 Å². The number of aliphatic hydroxyl groups excluding tert-OH is 1. The molecule has 0 saturated carbocycles. The molecule has 11 heteroatoms. The van der Waals surface area contributed by atoms with Gasteiger partial charge in [-0.2, -0.15) is 8.42 Å². The van der Waals surface area contributed by atoms with Gasteiger partial charge in [-0.3, -0.25) is 14.4 Å². The van der Waals surface area contributed by atoms with Crippen molar-refractivity contribution in [1.29, 1.82) is 0 Å². The number of nitrogens with zero attached hydrogens (tertiary/aromatic N) is 2. The molecule has 0 saturated heterocycles. The summed E-state index contributed by atoms with van der Waals surface area (Å²) in [6.45, 7) is -0.228. The maximum atomic E-state index is 11.6. The molecule has 9 nitrogen and oxygen atoms in total. The Morgan fingerprint density at radius 3 is 2.67 bits per heavy atom. The molecule has 1 heterocycles. The zero-order chi connectivity index (χ0) is 15.8. The monoisotopic (exact) mass is 335 g/mol. The van der Waals surface area contributed by atoms with Gasteiger partial charge >= 0.3 is 10.2 Å². The normalized spacial score (nSPS) is 16.3. The Balaban J connectivity index is 2.41. The van der Waals surface area contributed by atoms with Gasteiger partial charge in [-0.1, -0.05) is 11.6 Å². The van der Waals surface area contributed by atoms with Crippen LogP contribution in [0.15, 0.2) is 24.2 Å². The first-order chi connectivity index (χ1) is 9.74. The predicted octanol–water partition coefficient (Wildman–Crippen LogP) is 1.26. The quantitative estimate of drug-likeness (QED) is 0.631. The van der Waals surface area contributed by atoms with E-state index in [1.807, 2.05) is 4.72 Å². The summed E-state index contributed by atoms with van der Waals surface area (Å²) in [4.78, 5) is 10.2. The van der Waals surface area contributed by atoms with E-state index in [1.165, 1.54) is 13.2 Å². The second kappa shape index (κ2) is 5.30. The molecule has 0 radical (unpaired) electrons. The number of ether oxygens (including phenoxy) is 1. The molecule has 1 aromatic rings. The third kappa shape index (κ3) is 2.95. The lowest BCUT2D eigenvalue weighted by molar-refractivity contribution is -0.384. The molecule has 0 aromatic heterocycles. The Hall–Kier alpha value is -2.20. The first-order valence-electron chi connectivity index (χ1n) is 5.46. The third-order valence-corrected chi connectivity index (χ3v) is 4.34. The van der Waals surface area contributed by atoms with Crippen molar-refractivity contribution in [3.05, 3.63) is 44.9 Å². The van der Waals surface area contributed by atoms with Gasteiger partial charge in [0.25, 0.3) is 5.69 Å². The van der Waals surface area contributed by atoms with Crippen LogP contribution >= 0.6 is 11.6 Å². The van der Waals surface area contributed by atoms with Crippen molar-refractivity contribution < 1.29 is 23.2 Å². The number of nitrogens with one attached hydrogen (secondary N) is 1. The molecule has 0 unspecified atom stereocenters. The summed E-state index contributed by atoms with van der Waals surface area (Å²) in [5.74, 6) is -0.482. The van der Waals surface area contributed by atoms with Crippen molar-refractivity contribution >= 4 is 27.5 Å². The summed E-state index contributed by atoms with van der Waals surface area (Å²) in [6, 6.07) is 2.53. The molecule has 114 valence electrons. The van der Waals surface area contributed by atoms with Gasteiger partial charge in [-0.15, -0.1) is 0 Å². The third-order valence-electron chi connectivity index (χ3n) is 2.64. The van der Waals surface area contributed by atoms with Crippen LogP contribution in [0.4, 0.5) is 5.69 Å². The Labute approximate surface area is 124 Å². The van der Waals surface area contributed by atoms with Crippen LogP contribution < -0.4 is 9.46 Å². The van der Waals surface area contributed by atoms with E-state index in [0.29, 0.717) is 0 Å². The molecular formula is C10H10ClN3O6S. The van der Waals surface area contributed by atoms with Crippen LogP contribution in [0.2, 0.25) is 5.02 Å². The van der Waals surface area contributed by atoms with Crippen molar-refractivity contribution in [2.45, 2.75) is 6.54 Å². The molecule has 1 aliphatic rings. The summed E-state index contributed by atoms with van der Waals surface area (Å²) in [7, 11) is -2.61. The maximum absolute atomic E-state index is 11.6. The van der Waals surface area contributed by atoms with Crippen molar-refractivity contribution in [3.8, 4) is 5.75 Å². The van der Waals surface area contributed by atoms with Crippen LogP contribution in [0.1, 0.15) is 5.56 Å². The van der Waals surface area contributed by atoms with Crippen LogP contribution in [0.3, 0.4) is 0 Å². The summed E-state index contributed by atoms with van der Waals surface area (Å²) in [5.41, 5.74) is -0.122. The molecule has 2 rings (SSSR count). The van der Waals surface area contributed by atoms with Gasteiger partial charge in [0.1, 0.15) is 5.75 Å². The number of methoxy groups -OCH3 is 1. The zero-order valence-electron chi connectivity index (χ0n) is 10.6. The highest BCUT2D eigenvalue weighted by molar-refractivity contribution is 7.87. The number of nitro benzene ring substituents is 1. The minimum Gasteiger partial charge on any atom is -0.495 e. The first-order valence-corrected chi connectivity index (χ1v) is 7.27. The van der Waals surface area contributed by atoms with Gasteiger partial charge in [0.2, 0.25) is 5.88 Å². The van der Waals surface area contributed by atoms with E-state index in [0.717, 1.165) is 16.6 Å². The Morgan fingerprint density at radius 1 is 1.52 bits per heavy atom. The SMILES string of the molecule is COc1cc(CN2C=C(O)NS2(=O)=O)cc([N+](=O)[O-])c1Cl. The van der Waals surface area contributed by atoms with E-state index >= 15 is 0 Å². The van der Waals surface area contributed by atoms with E-state index in [4.69, 9.17) is 16.3 Å². The number of aliphatic hydroxyl groups is 1. The van der Waals surface area contributed by atoms with Crippen LogP contribution in [-0.2, 0) is 16.8 Å². The number of halogens is 1. The fourth-order valence-corrected chi connectivity index (χ4v) is 2.99. The number of nitro groups is 1. The standard InChI is InChI=1S/C10H10ClN3O6S/c1-20-8-3-6(2-7(10(8)11)14(16)17)4-13-5-9(15)12-21(13,18)19/h2-3,5,12,15H,4H2,1H3. The molecule has 0 spiro atoms. The number of hydrogen-bond donors (Lipinski definition) is 2. The van der Waals surface area contributed by atoms with Crippen LogP contribution in [0.5, 0.6) is 5.75 Å². The topological polar surface area (TPSA) is 122 Å². The minimum absolute atomic E-state index is 0.0543. The number of rotatable bonds is 4. The molecule has 0 bridgehead atoms. The Kier molecular flexibility index (Phi) is 3.83. The Bertz CT molecular complexity index is 733. The van der Waals surface area contributed by atoms with Crippen LogP contribution in [0, 0.1) is 10.1 Å². The Morgan fingerprint density at radius 2 is 2.19 bits per heavy atom. The molecule has 21 heavy (non-hydrogen) atoms. The van der Waals surface area contributed by atoms with E-state index in [9.17, 15) is 23.6 Å². The summed E-state index contributed by atoms with van der Waals surface area (Å²) in [5, 5.41) is 19.9. The fourth-order valence-electron chi connectivity index (χ4n) is 1.74. The molecule has 0 atom stereocenters. The van der Waals surface area contributed by atoms with Crippen LogP contribution in [-0.4, -0.2) is 29.9 Å². The average Bonchev–Trinajstić information content (AvgIpc) is 2.63. The highest BCUT2D eigenvalue weighted by atomic mass is 35.5. The maximum Gasteiger partial charge on any atom is 0.326 e. The highest BCUT2D eigenvalue weighted by Gasteiger charge is 2.28. The summed E-state index contributed by atoms with van der Waals surface area (Å²) < 4.78 is 30.9. The average molecular weight is 336 g/mol. The van der Waals surface area contributed by atoms with Crippen molar-refractivity contribution in [2.75, 3.05) is 7.11 Å². The zero-order valence-corrected chi connectivity index (χ0v) is 12.2. The largest absolute Gasteiger partial charge is 0.495 e. The van der Waals surface area contributed by atoms with Gasteiger partial charge in [-0.05, 0) is 11.6 Å². The first kappa shape index (κ1) is 15.2. The molecule has 0 fully saturated rings. The second-order valence-corrected chi connectivity index (χ2v) is 6.06. The van der Waals surface area contributed by atoms with Gasteiger partial charge < -0.3 is 9.84 Å². The lowest BCUT2D eigenvalue weighted by atomic mass is 10.2. The molecule has 1 aliphatic heterocycles. The van der Waals surface area contributed by atoms with Gasteiger partial charge in [0.15, 0.2) is 5.02 Å². The van der Waals surface area contributed by atoms with Gasteiger partial charge in [-0.25, -0.2) is 4.72 Å². The lowest BCUT2D eigenvalue weighted by Gasteiger charge is -2.14. The summed E-state index contributed by atoms with van der Waals surface area (Å²) >= 11 is 5.81. The van der Waals surface area contributed by atoms with Gasteiger partial charge in [0, 0.05) is 6.07 Å². The van der Waals surface area contributed by atoms with Crippen molar-refractivity contribution in [3.63, 3.8) is 0 Å². The lowest BCUT2D eigenvalue weighted by Crippen LogP contribution is -2.29. The van der Waals surface area contributed by atoms with Gasteiger partial charge in [0.05, 0.1) is 24.8 Å².